The van der Waals surface area contributed by atoms with Crippen LogP contribution in [0.15, 0.2) is 18.2 Å². The van der Waals surface area contributed by atoms with Crippen molar-refractivity contribution in [1.82, 2.24) is 9.97 Å². The Balaban J connectivity index is 2.08. The van der Waals surface area contributed by atoms with Crippen LogP contribution in [0.3, 0.4) is 0 Å². The summed E-state index contributed by atoms with van der Waals surface area (Å²) < 4.78 is 0. The number of para-hydroxylation sites is 1. The lowest BCUT2D eigenvalue weighted by atomic mass is 10.0. The molecule has 3 N–H and O–H groups in total. The van der Waals surface area contributed by atoms with Gasteiger partial charge in [0.2, 0.25) is 0 Å². The Labute approximate surface area is 113 Å². The summed E-state index contributed by atoms with van der Waals surface area (Å²) in [4.78, 5) is 7.94. The van der Waals surface area contributed by atoms with E-state index in [-0.39, 0.29) is 6.04 Å². The summed E-state index contributed by atoms with van der Waals surface area (Å²) in [6, 6.07) is 6.09. The second-order valence-electron chi connectivity index (χ2n) is 5.07. The quantitative estimate of drug-likeness (QED) is 0.863. The van der Waals surface area contributed by atoms with E-state index in [9.17, 15) is 0 Å². The van der Waals surface area contributed by atoms with Crippen LogP contribution in [-0.4, -0.2) is 16.0 Å². The largest absolute Gasteiger partial charge is 0.342 e. The van der Waals surface area contributed by atoms with Gasteiger partial charge in [0.25, 0.3) is 0 Å². The van der Waals surface area contributed by atoms with E-state index in [1.807, 2.05) is 25.1 Å². The number of hydrogen-bond donors (Lipinski definition) is 2. The normalized spacial score (nSPS) is 14.9. The number of aromatic amines is 1. The number of benzene rings is 1. The summed E-state index contributed by atoms with van der Waals surface area (Å²) >= 11 is 6.12. The third-order valence-electron chi connectivity index (χ3n) is 3.25. The molecule has 2 aromatic rings. The van der Waals surface area contributed by atoms with Crippen LogP contribution in [0.4, 0.5) is 0 Å². The molecule has 0 saturated heterocycles. The summed E-state index contributed by atoms with van der Waals surface area (Å²) in [7, 11) is 0. The average Bonchev–Trinajstić information content (AvgIpc) is 2.74. The number of rotatable bonds is 5. The number of hydrogen-bond acceptors (Lipinski definition) is 2. The second kappa shape index (κ2) is 5.72. The molecule has 4 heteroatoms. The van der Waals surface area contributed by atoms with Gasteiger partial charge in [-0.25, -0.2) is 4.98 Å². The first kappa shape index (κ1) is 13.4. The van der Waals surface area contributed by atoms with Crippen molar-refractivity contribution >= 4 is 22.6 Å². The Morgan fingerprint density at radius 1 is 1.33 bits per heavy atom. The van der Waals surface area contributed by atoms with Crippen molar-refractivity contribution in [2.24, 2.45) is 5.73 Å². The van der Waals surface area contributed by atoms with Crippen molar-refractivity contribution in [3.05, 3.63) is 29.0 Å². The minimum Gasteiger partial charge on any atom is -0.342 e. The van der Waals surface area contributed by atoms with Gasteiger partial charge in [0, 0.05) is 12.0 Å². The average molecular weight is 266 g/mol. The van der Waals surface area contributed by atoms with E-state index in [2.05, 4.69) is 16.9 Å². The number of imidazole rings is 1. The summed E-state index contributed by atoms with van der Waals surface area (Å²) in [5.41, 5.74) is 7.64. The van der Waals surface area contributed by atoms with Gasteiger partial charge >= 0.3 is 0 Å². The zero-order chi connectivity index (χ0) is 13.1. The van der Waals surface area contributed by atoms with Gasteiger partial charge in [-0.15, -0.1) is 0 Å². The van der Waals surface area contributed by atoms with Gasteiger partial charge in [-0.3, -0.25) is 0 Å². The number of nitrogens with one attached hydrogen (secondary N) is 1. The molecule has 1 heterocycles. The fraction of sp³-hybridized carbons (Fsp3) is 0.500. The van der Waals surface area contributed by atoms with Crippen LogP contribution in [0.1, 0.15) is 44.9 Å². The highest BCUT2D eigenvalue weighted by atomic mass is 35.5. The molecule has 1 aromatic heterocycles. The molecule has 2 unspecified atom stereocenters. The Morgan fingerprint density at radius 3 is 2.78 bits per heavy atom. The van der Waals surface area contributed by atoms with Crippen molar-refractivity contribution in [1.29, 1.82) is 0 Å². The van der Waals surface area contributed by atoms with Crippen molar-refractivity contribution in [3.63, 3.8) is 0 Å². The van der Waals surface area contributed by atoms with Crippen LogP contribution in [0.25, 0.3) is 11.0 Å². The first-order valence-electron chi connectivity index (χ1n) is 6.47. The van der Waals surface area contributed by atoms with E-state index in [0.29, 0.717) is 10.9 Å². The summed E-state index contributed by atoms with van der Waals surface area (Å²) in [6.45, 7) is 4.23. The fourth-order valence-electron chi connectivity index (χ4n) is 2.13. The van der Waals surface area contributed by atoms with E-state index in [0.717, 1.165) is 36.1 Å². The van der Waals surface area contributed by atoms with Crippen molar-refractivity contribution in [2.45, 2.75) is 45.1 Å². The lowest BCUT2D eigenvalue weighted by Crippen LogP contribution is -2.14. The topological polar surface area (TPSA) is 54.7 Å². The van der Waals surface area contributed by atoms with E-state index in [1.54, 1.807) is 0 Å². The molecule has 0 fully saturated rings. The second-order valence-corrected chi connectivity index (χ2v) is 5.47. The maximum Gasteiger partial charge on any atom is 0.110 e. The predicted octanol–water partition coefficient (Wildman–Crippen LogP) is 3.84. The highest BCUT2D eigenvalue weighted by Crippen LogP contribution is 2.26. The number of aromatic nitrogens is 2. The lowest BCUT2D eigenvalue weighted by Gasteiger charge is -2.09. The molecule has 0 aliphatic heterocycles. The predicted molar refractivity (Wildman–Crippen MR) is 77.0 cm³/mol. The van der Waals surface area contributed by atoms with E-state index < -0.39 is 0 Å². The molecular formula is C14H20ClN3. The Morgan fingerprint density at radius 2 is 2.11 bits per heavy atom. The van der Waals surface area contributed by atoms with Gasteiger partial charge in [0.05, 0.1) is 10.5 Å². The van der Waals surface area contributed by atoms with Crippen molar-refractivity contribution < 1.29 is 0 Å². The van der Waals surface area contributed by atoms with Crippen LogP contribution >= 0.6 is 11.6 Å². The van der Waals surface area contributed by atoms with Crippen LogP contribution in [0, 0.1) is 0 Å². The first-order chi connectivity index (χ1) is 8.58. The molecule has 0 aliphatic carbocycles. The maximum absolute atomic E-state index is 6.12. The molecule has 18 heavy (non-hydrogen) atoms. The molecular weight excluding hydrogens is 246 g/mol. The zero-order valence-electron chi connectivity index (χ0n) is 10.9. The van der Waals surface area contributed by atoms with Crippen LogP contribution in [0.5, 0.6) is 0 Å². The van der Waals surface area contributed by atoms with Crippen molar-refractivity contribution in [3.8, 4) is 0 Å². The molecule has 98 valence electrons. The molecule has 0 bridgehead atoms. The molecule has 0 saturated carbocycles. The fourth-order valence-corrected chi connectivity index (χ4v) is 2.35. The van der Waals surface area contributed by atoms with Gasteiger partial charge < -0.3 is 10.7 Å². The van der Waals surface area contributed by atoms with Gasteiger partial charge in [0.1, 0.15) is 11.3 Å². The van der Waals surface area contributed by atoms with E-state index >= 15 is 0 Å². The number of nitrogens with two attached hydrogens (primary N) is 1. The van der Waals surface area contributed by atoms with Crippen molar-refractivity contribution in [2.75, 3.05) is 0 Å². The maximum atomic E-state index is 6.12. The number of nitrogens with zero attached hydrogens (tertiary/aromatic N) is 1. The number of H-pyrrole nitrogens is 1. The summed E-state index contributed by atoms with van der Waals surface area (Å²) in [6.07, 6.45) is 3.29. The smallest absolute Gasteiger partial charge is 0.110 e. The molecule has 0 spiro atoms. The van der Waals surface area contributed by atoms with Gasteiger partial charge in [-0.1, -0.05) is 31.0 Å². The molecule has 0 radical (unpaired) electrons. The lowest BCUT2D eigenvalue weighted by molar-refractivity contribution is 0.546. The summed E-state index contributed by atoms with van der Waals surface area (Å²) in [5, 5.41) is 0.706. The van der Waals surface area contributed by atoms with Crippen LogP contribution in [-0.2, 0) is 0 Å². The van der Waals surface area contributed by atoms with E-state index in [1.165, 1.54) is 0 Å². The van der Waals surface area contributed by atoms with E-state index in [4.69, 9.17) is 17.3 Å². The van der Waals surface area contributed by atoms with Gasteiger partial charge in [0.15, 0.2) is 0 Å². The van der Waals surface area contributed by atoms with Gasteiger partial charge in [-0.05, 0) is 31.9 Å². The Kier molecular flexibility index (Phi) is 4.25. The summed E-state index contributed by atoms with van der Waals surface area (Å²) in [5.74, 6) is 1.43. The molecule has 0 aliphatic rings. The first-order valence-corrected chi connectivity index (χ1v) is 6.85. The minimum atomic E-state index is 0.280. The minimum absolute atomic E-state index is 0.280. The molecule has 2 rings (SSSR count). The monoisotopic (exact) mass is 265 g/mol. The standard InChI is InChI=1S/C14H20ClN3/c1-9(5-3-6-10(2)16)14-17-12-8-4-7-11(15)13(12)18-14/h4,7-10H,3,5-6,16H2,1-2H3,(H,17,18). The highest BCUT2D eigenvalue weighted by Gasteiger charge is 2.12. The molecule has 3 nitrogen and oxygen atoms in total. The number of fused-ring (bicyclic) bond motifs is 1. The third kappa shape index (κ3) is 3.03. The molecule has 2 atom stereocenters. The zero-order valence-corrected chi connectivity index (χ0v) is 11.7. The Bertz CT molecular complexity index is 519. The number of halogens is 1. The van der Waals surface area contributed by atoms with Crippen LogP contribution in [0.2, 0.25) is 5.02 Å². The van der Waals surface area contributed by atoms with Gasteiger partial charge in [-0.2, -0.15) is 0 Å². The third-order valence-corrected chi connectivity index (χ3v) is 3.55. The SMILES string of the molecule is CC(N)CCCC(C)c1nc2c(Cl)cccc2[nH]1. The molecule has 0 amide bonds. The highest BCUT2D eigenvalue weighted by molar-refractivity contribution is 6.34. The van der Waals surface area contributed by atoms with Crippen LogP contribution < -0.4 is 5.73 Å². The Hall–Kier alpha value is -1.06. The molecule has 1 aromatic carbocycles.